The van der Waals surface area contributed by atoms with Gasteiger partial charge in [-0.15, -0.1) is 0 Å². The topological polar surface area (TPSA) is 218 Å². The first-order valence-electron chi connectivity index (χ1n) is 18.1. The van der Waals surface area contributed by atoms with Crippen LogP contribution in [0.4, 0.5) is 9.59 Å². The van der Waals surface area contributed by atoms with Crippen LogP contribution in [0.1, 0.15) is 134 Å². The molecule has 2 amide bonds. The van der Waals surface area contributed by atoms with E-state index in [1.165, 1.54) is 5.56 Å². The van der Waals surface area contributed by atoms with Crippen LogP contribution in [-0.4, -0.2) is 56.5 Å². The minimum absolute atomic E-state index is 0.0135. The van der Waals surface area contributed by atoms with E-state index in [0.717, 1.165) is 54.4 Å². The van der Waals surface area contributed by atoms with Gasteiger partial charge in [0.1, 0.15) is 11.2 Å². The molecule has 3 aromatic rings. The molecule has 1 aromatic heterocycles. The Labute approximate surface area is 316 Å². The number of fused-ring (bicyclic) bond motifs is 2. The zero-order valence-electron chi connectivity index (χ0n) is 32.7. The van der Waals surface area contributed by atoms with Crippen LogP contribution in [0.25, 0.3) is 11.4 Å². The van der Waals surface area contributed by atoms with Gasteiger partial charge in [-0.05, 0) is 102 Å². The summed E-state index contributed by atoms with van der Waals surface area (Å²) < 4.78 is 20.1. The quantitative estimate of drug-likeness (QED) is 0.0366. The molecule has 0 radical (unpaired) electrons. The monoisotopic (exact) mass is 750 g/mol. The van der Waals surface area contributed by atoms with E-state index < -0.39 is 29.2 Å². The molecule has 0 aliphatic heterocycles. The summed E-state index contributed by atoms with van der Waals surface area (Å²) in [4.78, 5) is 48.9. The number of benzene rings is 2. The average molecular weight is 751 g/mol. The lowest BCUT2D eigenvalue weighted by Crippen LogP contribution is -2.34. The number of carbonyl (C=O) groups excluding carboxylic acids is 4. The highest BCUT2D eigenvalue weighted by molar-refractivity contribution is 5.97. The van der Waals surface area contributed by atoms with Gasteiger partial charge in [0.15, 0.2) is 5.84 Å². The number of aromatic nitrogens is 2. The molecule has 0 saturated heterocycles. The van der Waals surface area contributed by atoms with E-state index in [1.807, 2.05) is 72.7 Å². The zero-order valence-corrected chi connectivity index (χ0v) is 32.7. The second-order valence-corrected chi connectivity index (χ2v) is 14.7. The molecule has 2 aliphatic carbocycles. The number of hydrogen-bond acceptors (Lipinski definition) is 12. The van der Waals surface area contributed by atoms with Crippen LogP contribution in [0.3, 0.4) is 0 Å². The predicted molar refractivity (Wildman–Crippen MR) is 201 cm³/mol. The molecule has 2 aromatic carbocycles. The molecule has 5 rings (SSSR count). The van der Waals surface area contributed by atoms with E-state index in [0.29, 0.717) is 17.3 Å². The first-order chi connectivity index (χ1) is 25.4. The number of oxime groups is 1. The highest BCUT2D eigenvalue weighted by Crippen LogP contribution is 2.34. The fourth-order valence-corrected chi connectivity index (χ4v) is 5.58. The maximum absolute atomic E-state index is 12.0. The third kappa shape index (κ3) is 13.2. The third-order valence-corrected chi connectivity index (χ3v) is 8.06. The van der Waals surface area contributed by atoms with E-state index >= 15 is 0 Å². The average Bonchev–Trinajstić information content (AvgIpc) is 3.85. The van der Waals surface area contributed by atoms with Gasteiger partial charge in [0.25, 0.3) is 0 Å². The summed E-state index contributed by atoms with van der Waals surface area (Å²) in [7, 11) is 0. The van der Waals surface area contributed by atoms with Crippen LogP contribution in [0.15, 0.2) is 46.1 Å². The first-order valence-corrected chi connectivity index (χ1v) is 18.1. The Kier molecular flexibility index (Phi) is 15.1. The molecule has 294 valence electrons. The van der Waals surface area contributed by atoms with Crippen LogP contribution < -0.4 is 16.4 Å². The normalized spacial score (nSPS) is 16.0. The van der Waals surface area contributed by atoms with E-state index in [4.69, 9.17) is 24.9 Å². The minimum Gasteiger partial charge on any atom is -0.444 e. The van der Waals surface area contributed by atoms with Crippen molar-refractivity contribution in [3.63, 3.8) is 0 Å². The fraction of sp³-hybridized carbons (Fsp3) is 0.513. The second-order valence-electron chi connectivity index (χ2n) is 14.7. The SMILES string of the molecule is CC(C)(C)OC(=O)N[C@@H]1CCc2cc(C(N)=NO)ccc21.CCC(=O)OC(=O)CC.CCc1nc(-c2ccc3c(c2)CC[C@H]3NC(=O)OC(C)(C)C)no1. The summed E-state index contributed by atoms with van der Waals surface area (Å²) in [5, 5.41) is 21.6. The molecular weight excluding hydrogens is 696 g/mol. The van der Waals surface area contributed by atoms with Crippen LogP contribution in [-0.2, 0) is 43.1 Å². The molecular formula is C39H54N6O9. The number of nitrogens with two attached hydrogens (primary N) is 1. The number of nitrogens with zero attached hydrogens (tertiary/aromatic N) is 3. The van der Waals surface area contributed by atoms with Crippen molar-refractivity contribution in [2.45, 2.75) is 131 Å². The molecule has 0 spiro atoms. The smallest absolute Gasteiger partial charge is 0.408 e. The van der Waals surface area contributed by atoms with Crippen molar-refractivity contribution in [3.05, 3.63) is 70.1 Å². The highest BCUT2D eigenvalue weighted by Gasteiger charge is 2.28. The Bertz CT molecular complexity index is 1790. The lowest BCUT2D eigenvalue weighted by atomic mass is 10.0. The predicted octanol–water partition coefficient (Wildman–Crippen LogP) is 6.98. The lowest BCUT2D eigenvalue weighted by Gasteiger charge is -2.22. The number of carbonyl (C=O) groups is 4. The van der Waals surface area contributed by atoms with Crippen molar-refractivity contribution in [2.24, 2.45) is 10.9 Å². The summed E-state index contributed by atoms with van der Waals surface area (Å²) in [5.74, 6) is 0.415. The molecule has 0 unspecified atom stereocenters. The Morgan fingerprint density at radius 3 is 1.78 bits per heavy atom. The minimum atomic E-state index is -0.512. The van der Waals surface area contributed by atoms with Crippen molar-refractivity contribution in [3.8, 4) is 11.4 Å². The molecule has 2 aliphatic rings. The number of alkyl carbamates (subject to hydrolysis) is 2. The van der Waals surface area contributed by atoms with E-state index in [-0.39, 0.29) is 36.9 Å². The molecule has 15 heteroatoms. The van der Waals surface area contributed by atoms with Gasteiger partial charge in [-0.2, -0.15) is 4.98 Å². The maximum Gasteiger partial charge on any atom is 0.408 e. The molecule has 54 heavy (non-hydrogen) atoms. The molecule has 1 heterocycles. The number of nitrogens with one attached hydrogen (secondary N) is 2. The number of ether oxygens (including phenoxy) is 3. The molecule has 15 nitrogen and oxygen atoms in total. The van der Waals surface area contributed by atoms with Gasteiger partial charge in [-0.25, -0.2) is 9.59 Å². The van der Waals surface area contributed by atoms with Gasteiger partial charge < -0.3 is 40.3 Å². The summed E-state index contributed by atoms with van der Waals surface area (Å²) >= 11 is 0. The number of hydrogen-bond donors (Lipinski definition) is 4. The highest BCUT2D eigenvalue weighted by atomic mass is 16.6. The number of amides is 2. The van der Waals surface area contributed by atoms with Crippen molar-refractivity contribution in [1.29, 1.82) is 0 Å². The fourth-order valence-electron chi connectivity index (χ4n) is 5.58. The Morgan fingerprint density at radius 2 is 1.33 bits per heavy atom. The van der Waals surface area contributed by atoms with Gasteiger partial charge >= 0.3 is 24.1 Å². The molecule has 0 bridgehead atoms. The van der Waals surface area contributed by atoms with E-state index in [2.05, 4.69) is 36.7 Å². The molecule has 0 fully saturated rings. The van der Waals surface area contributed by atoms with Gasteiger partial charge in [0.2, 0.25) is 11.7 Å². The van der Waals surface area contributed by atoms with Crippen LogP contribution in [0.2, 0.25) is 0 Å². The van der Waals surface area contributed by atoms with Crippen molar-refractivity contribution in [1.82, 2.24) is 20.8 Å². The van der Waals surface area contributed by atoms with Crippen molar-refractivity contribution >= 4 is 30.0 Å². The molecule has 0 saturated carbocycles. The first kappa shape index (κ1) is 42.9. The van der Waals surface area contributed by atoms with Gasteiger partial charge in [0, 0.05) is 30.4 Å². The van der Waals surface area contributed by atoms with Crippen LogP contribution in [0, 0.1) is 0 Å². The summed E-state index contributed by atoms with van der Waals surface area (Å²) in [6.07, 6.45) is 3.86. The maximum atomic E-state index is 12.0. The Hall–Kier alpha value is -5.47. The van der Waals surface area contributed by atoms with Crippen LogP contribution in [0.5, 0.6) is 0 Å². The van der Waals surface area contributed by atoms with Crippen molar-refractivity contribution < 1.29 is 43.1 Å². The number of amidine groups is 1. The zero-order chi connectivity index (χ0) is 40.2. The van der Waals surface area contributed by atoms with Gasteiger partial charge in [-0.3, -0.25) is 9.59 Å². The third-order valence-electron chi connectivity index (χ3n) is 8.06. The van der Waals surface area contributed by atoms with Gasteiger partial charge in [-0.1, -0.05) is 55.3 Å². The number of aryl methyl sites for hydroxylation is 3. The summed E-state index contributed by atoms with van der Waals surface area (Å²) in [6, 6.07) is 11.6. The standard InChI is InChI=1S/C18H23N3O3.C15H21N3O3.C6H10O3/c1-5-15-20-16(21-24-15)12-6-8-13-11(10-12)7-9-14(13)19-17(22)23-18(2,3)4;1-15(2,3)21-14(19)17-12-7-5-9-8-10(13(16)18-20)4-6-11(9)12;1-3-5(7)9-6(8)4-2/h6,8,10,14H,5,7,9H2,1-4H3,(H,19,22);4,6,8,12,20H,5,7H2,1-3H3,(H2,16,18)(H,17,19);3-4H2,1-2H3/t14-;12-;/m11./s1. The lowest BCUT2D eigenvalue weighted by molar-refractivity contribution is -0.159. The molecule has 5 N–H and O–H groups in total. The number of rotatable bonds is 7. The number of esters is 2. The molecule has 2 atom stereocenters. The Balaban J connectivity index is 0.000000240. The summed E-state index contributed by atoms with van der Waals surface area (Å²) in [5.41, 5.74) is 10.7. The largest absolute Gasteiger partial charge is 0.444 e. The second kappa shape index (κ2) is 19.0. The Morgan fingerprint density at radius 1 is 0.833 bits per heavy atom. The van der Waals surface area contributed by atoms with Gasteiger partial charge in [0.05, 0.1) is 12.1 Å². The van der Waals surface area contributed by atoms with E-state index in [1.54, 1.807) is 19.9 Å². The van der Waals surface area contributed by atoms with Crippen LogP contribution >= 0.6 is 0 Å². The van der Waals surface area contributed by atoms with Crippen molar-refractivity contribution in [2.75, 3.05) is 0 Å². The van der Waals surface area contributed by atoms with E-state index in [9.17, 15) is 19.2 Å². The summed E-state index contributed by atoms with van der Waals surface area (Å²) in [6.45, 7) is 16.3.